The normalized spacial score (nSPS) is 17.0. The number of piperidine rings is 1. The lowest BCUT2D eigenvalue weighted by Crippen LogP contribution is -2.36. The topological polar surface area (TPSA) is 74.8 Å². The molecule has 2 heterocycles. The molecule has 6 nitrogen and oxygen atoms in total. The maximum Gasteiger partial charge on any atom is 0.259 e. The number of nitrogens with zero attached hydrogens (tertiary/aromatic N) is 2. The number of hydrogen-bond acceptors (Lipinski definition) is 4. The Hall–Kier alpha value is -3.52. The Morgan fingerprint density at radius 1 is 0.882 bits per heavy atom. The summed E-state index contributed by atoms with van der Waals surface area (Å²) in [6.45, 7) is 1.33. The summed E-state index contributed by atoms with van der Waals surface area (Å²) in [7, 11) is -4.02. The highest BCUT2D eigenvalue weighted by molar-refractivity contribution is 7.91. The average Bonchev–Trinajstić information content (AvgIpc) is 2.93. The Balaban J connectivity index is 1.66. The standard InChI is InChI=1S/C26H23FN2O4S/c27-20-11-8-18(9-12-20)17-29-22-16-19(25(30)28-14-4-1-5-15-28)10-13-24(22)34(32,33)23-7-3-2-6-21(23)26(29)31/h2-3,6-13,16H,1,4-5,14-15,17H2. The molecule has 8 heteroatoms. The Morgan fingerprint density at radius 2 is 1.59 bits per heavy atom. The fourth-order valence-electron chi connectivity index (χ4n) is 4.55. The van der Waals surface area contributed by atoms with Crippen LogP contribution in [0.5, 0.6) is 0 Å². The van der Waals surface area contributed by atoms with Crippen molar-refractivity contribution in [2.45, 2.75) is 35.6 Å². The number of rotatable bonds is 3. The van der Waals surface area contributed by atoms with Gasteiger partial charge in [-0.05, 0) is 67.3 Å². The molecule has 2 aliphatic rings. The van der Waals surface area contributed by atoms with E-state index in [9.17, 15) is 22.4 Å². The summed E-state index contributed by atoms with van der Waals surface area (Å²) in [5.74, 6) is -1.09. The number of hydrogen-bond donors (Lipinski definition) is 0. The Labute approximate surface area is 197 Å². The molecule has 0 N–H and O–H groups in total. The third kappa shape index (κ3) is 3.88. The second-order valence-corrected chi connectivity index (χ2v) is 10.4. The number of likely N-dealkylation sites (tertiary alicyclic amines) is 1. The van der Waals surface area contributed by atoms with E-state index in [2.05, 4.69) is 0 Å². The molecular formula is C26H23FN2O4S. The highest BCUT2D eigenvalue weighted by Crippen LogP contribution is 2.38. The summed E-state index contributed by atoms with van der Waals surface area (Å²) in [6.07, 6.45) is 2.93. The number of amides is 2. The third-order valence-electron chi connectivity index (χ3n) is 6.34. The van der Waals surface area contributed by atoms with Crippen molar-refractivity contribution in [1.29, 1.82) is 0 Å². The number of carbonyl (C=O) groups is 2. The second kappa shape index (κ2) is 8.68. The SMILES string of the molecule is O=C(c1ccc2c(c1)N(Cc1ccc(F)cc1)C(=O)c1ccccc1S2(=O)=O)N1CCCCC1. The quantitative estimate of drug-likeness (QED) is 0.558. The minimum Gasteiger partial charge on any atom is -0.339 e. The third-order valence-corrected chi connectivity index (χ3v) is 8.19. The van der Waals surface area contributed by atoms with Gasteiger partial charge in [0.2, 0.25) is 9.84 Å². The maximum atomic E-state index is 13.6. The van der Waals surface area contributed by atoms with E-state index in [1.165, 1.54) is 47.4 Å². The van der Waals surface area contributed by atoms with Crippen molar-refractivity contribution in [2.24, 2.45) is 0 Å². The van der Waals surface area contributed by atoms with E-state index in [1.54, 1.807) is 29.2 Å². The Morgan fingerprint density at radius 3 is 2.32 bits per heavy atom. The molecule has 3 aromatic rings. The van der Waals surface area contributed by atoms with E-state index in [1.807, 2.05) is 0 Å². The number of anilines is 1. The molecule has 1 saturated heterocycles. The molecule has 0 radical (unpaired) electrons. The first-order valence-electron chi connectivity index (χ1n) is 11.2. The predicted molar refractivity (Wildman–Crippen MR) is 125 cm³/mol. The minimum absolute atomic E-state index is 0.0251. The summed E-state index contributed by atoms with van der Waals surface area (Å²) in [5.41, 5.74) is 1.17. The van der Waals surface area contributed by atoms with Gasteiger partial charge in [0.25, 0.3) is 11.8 Å². The molecule has 5 rings (SSSR count). The van der Waals surface area contributed by atoms with Crippen LogP contribution in [0.2, 0.25) is 0 Å². The molecule has 0 unspecified atom stereocenters. The van der Waals surface area contributed by atoms with Crippen molar-refractivity contribution in [1.82, 2.24) is 4.90 Å². The molecule has 2 aliphatic heterocycles. The molecule has 0 saturated carbocycles. The molecule has 34 heavy (non-hydrogen) atoms. The van der Waals surface area contributed by atoms with Crippen molar-refractivity contribution in [3.63, 3.8) is 0 Å². The van der Waals surface area contributed by atoms with Gasteiger partial charge >= 0.3 is 0 Å². The molecule has 3 aromatic carbocycles. The van der Waals surface area contributed by atoms with Crippen LogP contribution in [0.4, 0.5) is 10.1 Å². The van der Waals surface area contributed by atoms with E-state index < -0.39 is 21.6 Å². The minimum atomic E-state index is -4.02. The fraction of sp³-hybridized carbons (Fsp3) is 0.231. The zero-order valence-electron chi connectivity index (χ0n) is 18.4. The van der Waals surface area contributed by atoms with Gasteiger partial charge in [0, 0.05) is 18.7 Å². The van der Waals surface area contributed by atoms with E-state index >= 15 is 0 Å². The Kier molecular flexibility index (Phi) is 5.69. The maximum absolute atomic E-state index is 13.6. The highest BCUT2D eigenvalue weighted by Gasteiger charge is 2.36. The zero-order chi connectivity index (χ0) is 23.9. The summed E-state index contributed by atoms with van der Waals surface area (Å²) in [6, 6.07) is 16.2. The van der Waals surface area contributed by atoms with Crippen molar-refractivity contribution in [2.75, 3.05) is 18.0 Å². The van der Waals surface area contributed by atoms with Gasteiger partial charge in [0.05, 0.1) is 27.6 Å². The zero-order valence-corrected chi connectivity index (χ0v) is 19.2. The van der Waals surface area contributed by atoms with Crippen LogP contribution >= 0.6 is 0 Å². The van der Waals surface area contributed by atoms with Gasteiger partial charge in [-0.3, -0.25) is 9.59 Å². The predicted octanol–water partition coefficient (Wildman–Crippen LogP) is 4.45. The van der Waals surface area contributed by atoms with Crippen LogP contribution in [0.1, 0.15) is 45.5 Å². The Bertz CT molecular complexity index is 1380. The molecule has 0 aliphatic carbocycles. The van der Waals surface area contributed by atoms with Crippen LogP contribution < -0.4 is 4.90 Å². The van der Waals surface area contributed by atoms with Gasteiger partial charge in [-0.2, -0.15) is 0 Å². The summed E-state index contributed by atoms with van der Waals surface area (Å²) < 4.78 is 40.6. The molecule has 0 aromatic heterocycles. The monoisotopic (exact) mass is 478 g/mol. The van der Waals surface area contributed by atoms with Crippen LogP contribution in [0.3, 0.4) is 0 Å². The first kappa shape index (κ1) is 22.3. The summed E-state index contributed by atoms with van der Waals surface area (Å²) in [5, 5.41) is 0. The van der Waals surface area contributed by atoms with Gasteiger partial charge in [-0.25, -0.2) is 12.8 Å². The van der Waals surface area contributed by atoms with Gasteiger partial charge in [-0.1, -0.05) is 24.3 Å². The van der Waals surface area contributed by atoms with Crippen LogP contribution in [-0.4, -0.2) is 38.2 Å². The van der Waals surface area contributed by atoms with Crippen LogP contribution in [0.15, 0.2) is 76.5 Å². The fourth-order valence-corrected chi connectivity index (χ4v) is 6.18. The molecule has 1 fully saturated rings. The van der Waals surface area contributed by atoms with E-state index in [-0.39, 0.29) is 33.5 Å². The van der Waals surface area contributed by atoms with Gasteiger partial charge < -0.3 is 9.80 Å². The first-order chi connectivity index (χ1) is 16.4. The van der Waals surface area contributed by atoms with Crippen molar-refractivity contribution in [3.8, 4) is 0 Å². The highest BCUT2D eigenvalue weighted by atomic mass is 32.2. The summed E-state index contributed by atoms with van der Waals surface area (Å²) in [4.78, 5) is 29.8. The average molecular weight is 479 g/mol. The van der Waals surface area contributed by atoms with Gasteiger partial charge in [-0.15, -0.1) is 0 Å². The van der Waals surface area contributed by atoms with Gasteiger partial charge in [0.15, 0.2) is 0 Å². The number of carbonyl (C=O) groups excluding carboxylic acids is 2. The van der Waals surface area contributed by atoms with Crippen molar-refractivity contribution >= 4 is 27.3 Å². The van der Waals surface area contributed by atoms with Crippen LogP contribution in [0.25, 0.3) is 0 Å². The first-order valence-corrected chi connectivity index (χ1v) is 12.7. The number of sulfone groups is 1. The number of benzene rings is 3. The smallest absolute Gasteiger partial charge is 0.259 e. The van der Waals surface area contributed by atoms with Crippen molar-refractivity contribution in [3.05, 3.63) is 89.2 Å². The lowest BCUT2D eigenvalue weighted by Gasteiger charge is -2.28. The lowest BCUT2D eigenvalue weighted by atomic mass is 10.1. The van der Waals surface area contributed by atoms with E-state index in [4.69, 9.17) is 0 Å². The van der Waals surface area contributed by atoms with Crippen molar-refractivity contribution < 1.29 is 22.4 Å². The second-order valence-electron chi connectivity index (χ2n) is 8.55. The molecular weight excluding hydrogens is 455 g/mol. The lowest BCUT2D eigenvalue weighted by molar-refractivity contribution is 0.0724. The molecule has 2 amide bonds. The number of halogens is 1. The molecule has 174 valence electrons. The van der Waals surface area contributed by atoms with Crippen LogP contribution in [0, 0.1) is 5.82 Å². The molecule has 0 spiro atoms. The largest absolute Gasteiger partial charge is 0.339 e. The van der Waals surface area contributed by atoms with E-state index in [0.717, 1.165) is 19.3 Å². The number of fused-ring (bicyclic) bond motifs is 2. The van der Waals surface area contributed by atoms with E-state index in [0.29, 0.717) is 24.2 Å². The molecule has 0 bridgehead atoms. The molecule has 0 atom stereocenters. The summed E-state index contributed by atoms with van der Waals surface area (Å²) >= 11 is 0. The van der Waals surface area contributed by atoms with Crippen LogP contribution in [-0.2, 0) is 16.4 Å². The van der Waals surface area contributed by atoms with Gasteiger partial charge in [0.1, 0.15) is 5.82 Å².